The molecule has 1 aromatic carbocycles. The number of carbonyl (C=O) groups excluding carboxylic acids is 1. The summed E-state index contributed by atoms with van der Waals surface area (Å²) in [5.41, 5.74) is 1.07. The molecule has 4 nitrogen and oxygen atoms in total. The van der Waals surface area contributed by atoms with E-state index in [-0.39, 0.29) is 5.56 Å². The fourth-order valence-electron chi connectivity index (χ4n) is 1.23. The molecule has 0 aliphatic carbocycles. The van der Waals surface area contributed by atoms with E-state index >= 15 is 0 Å². The van der Waals surface area contributed by atoms with Gasteiger partial charge in [0, 0.05) is 5.56 Å². The van der Waals surface area contributed by atoms with Crippen LogP contribution in [0.1, 0.15) is 22.2 Å². The Labute approximate surface area is 74.2 Å². The molecule has 4 heteroatoms. The summed E-state index contributed by atoms with van der Waals surface area (Å²) in [5, 5.41) is 9.19. The van der Waals surface area contributed by atoms with Gasteiger partial charge in [-0.15, -0.1) is 0 Å². The predicted molar refractivity (Wildman–Crippen MR) is 43.1 cm³/mol. The van der Waals surface area contributed by atoms with Crippen molar-refractivity contribution < 1.29 is 14.6 Å². The lowest BCUT2D eigenvalue weighted by Gasteiger charge is -1.99. The summed E-state index contributed by atoms with van der Waals surface area (Å²) in [6.07, 6.45) is -1.18. The van der Waals surface area contributed by atoms with Crippen LogP contribution in [0, 0.1) is 6.57 Å². The summed E-state index contributed by atoms with van der Waals surface area (Å²) in [7, 11) is 0. The third-order valence-electron chi connectivity index (χ3n) is 1.87. The molecule has 0 bridgehead atoms. The van der Waals surface area contributed by atoms with Gasteiger partial charge in [0.2, 0.25) is 6.29 Å². The van der Waals surface area contributed by atoms with Gasteiger partial charge in [-0.3, -0.25) is 0 Å². The lowest BCUT2D eigenvalue weighted by atomic mass is 10.1. The van der Waals surface area contributed by atoms with E-state index in [9.17, 15) is 9.90 Å². The van der Waals surface area contributed by atoms with Crippen molar-refractivity contribution in [3.63, 3.8) is 0 Å². The molecular formula is C9H5NO3. The third kappa shape index (κ3) is 1.06. The second-order valence-electron chi connectivity index (χ2n) is 2.64. The van der Waals surface area contributed by atoms with E-state index in [1.165, 1.54) is 18.2 Å². The van der Waals surface area contributed by atoms with Gasteiger partial charge in [0.05, 0.1) is 12.1 Å². The standard InChI is InChI=1S/C9H5NO3/c1-10-5-2-3-6-7(4-5)9(12)13-8(6)11/h2-4,8,11H. The minimum atomic E-state index is -1.18. The first-order valence-electron chi connectivity index (χ1n) is 3.63. The van der Waals surface area contributed by atoms with E-state index in [2.05, 4.69) is 9.58 Å². The number of nitrogens with zero attached hydrogens (tertiary/aromatic N) is 1. The molecule has 64 valence electrons. The van der Waals surface area contributed by atoms with Gasteiger partial charge in [-0.25, -0.2) is 9.64 Å². The number of aliphatic hydroxyl groups excluding tert-OH is 1. The van der Waals surface area contributed by atoms with Gasteiger partial charge in [0.25, 0.3) is 0 Å². The Bertz CT molecular complexity index is 419. The van der Waals surface area contributed by atoms with E-state index in [0.717, 1.165) is 0 Å². The molecule has 0 saturated heterocycles. The molecule has 0 spiro atoms. The molecule has 1 heterocycles. The number of hydrogen-bond acceptors (Lipinski definition) is 3. The monoisotopic (exact) mass is 175 g/mol. The van der Waals surface area contributed by atoms with Crippen molar-refractivity contribution >= 4 is 11.7 Å². The Morgan fingerprint density at radius 1 is 1.54 bits per heavy atom. The number of rotatable bonds is 0. The lowest BCUT2D eigenvalue weighted by Crippen LogP contribution is -1.95. The Morgan fingerprint density at radius 3 is 3.00 bits per heavy atom. The summed E-state index contributed by atoms with van der Waals surface area (Å²) in [6, 6.07) is 4.48. The fraction of sp³-hybridized carbons (Fsp3) is 0.111. The highest BCUT2D eigenvalue weighted by Gasteiger charge is 2.28. The molecule has 1 unspecified atom stereocenters. The fourth-order valence-corrected chi connectivity index (χ4v) is 1.23. The summed E-state index contributed by atoms with van der Waals surface area (Å²) in [5.74, 6) is -0.576. The number of aliphatic hydroxyl groups is 1. The first-order chi connectivity index (χ1) is 6.22. The second-order valence-corrected chi connectivity index (χ2v) is 2.64. The van der Waals surface area contributed by atoms with E-state index in [0.29, 0.717) is 11.3 Å². The Morgan fingerprint density at radius 2 is 2.31 bits per heavy atom. The van der Waals surface area contributed by atoms with Gasteiger partial charge in [-0.05, 0) is 6.07 Å². The number of fused-ring (bicyclic) bond motifs is 1. The maximum atomic E-state index is 11.1. The SMILES string of the molecule is [C-]#[N+]c1ccc2c(c1)C(=O)OC2O. The predicted octanol–water partition coefficient (Wildman–Crippen LogP) is 1.40. The molecule has 13 heavy (non-hydrogen) atoms. The number of cyclic esters (lactones) is 1. The van der Waals surface area contributed by atoms with Crippen LogP contribution < -0.4 is 0 Å². The zero-order valence-electron chi connectivity index (χ0n) is 6.52. The van der Waals surface area contributed by atoms with Crippen molar-refractivity contribution in [2.24, 2.45) is 0 Å². The van der Waals surface area contributed by atoms with Crippen LogP contribution in [0.3, 0.4) is 0 Å². The van der Waals surface area contributed by atoms with Crippen LogP contribution in [0.15, 0.2) is 18.2 Å². The first kappa shape index (κ1) is 7.77. The number of carbonyl (C=O) groups is 1. The largest absolute Gasteiger partial charge is 0.428 e. The number of esters is 1. The highest BCUT2D eigenvalue weighted by atomic mass is 16.6. The molecule has 0 fully saturated rings. The van der Waals surface area contributed by atoms with E-state index in [4.69, 9.17) is 6.57 Å². The molecule has 2 rings (SSSR count). The van der Waals surface area contributed by atoms with Crippen molar-refractivity contribution in [1.82, 2.24) is 0 Å². The quantitative estimate of drug-likeness (QED) is 0.479. The number of ether oxygens (including phenoxy) is 1. The van der Waals surface area contributed by atoms with E-state index < -0.39 is 12.3 Å². The van der Waals surface area contributed by atoms with Gasteiger partial charge in [-0.1, -0.05) is 12.1 Å². The zero-order chi connectivity index (χ0) is 9.42. The average Bonchev–Trinajstić information content (AvgIpc) is 2.42. The minimum Gasteiger partial charge on any atom is -0.428 e. The summed E-state index contributed by atoms with van der Waals surface area (Å²) in [4.78, 5) is 14.2. The molecule has 0 radical (unpaired) electrons. The third-order valence-corrected chi connectivity index (χ3v) is 1.87. The Kier molecular flexibility index (Phi) is 1.54. The molecule has 0 amide bonds. The van der Waals surface area contributed by atoms with Crippen LogP contribution in [0.4, 0.5) is 5.69 Å². The molecule has 0 aromatic heterocycles. The highest BCUT2D eigenvalue weighted by Crippen LogP contribution is 2.31. The molecule has 1 aliphatic heterocycles. The molecule has 1 aromatic rings. The minimum absolute atomic E-state index is 0.279. The Balaban J connectivity index is 2.60. The Hall–Kier alpha value is -1.86. The van der Waals surface area contributed by atoms with Crippen molar-refractivity contribution in [1.29, 1.82) is 0 Å². The van der Waals surface area contributed by atoms with Crippen molar-refractivity contribution in [3.05, 3.63) is 40.7 Å². The van der Waals surface area contributed by atoms with E-state index in [1.54, 1.807) is 0 Å². The summed E-state index contributed by atoms with van der Waals surface area (Å²) >= 11 is 0. The number of benzene rings is 1. The van der Waals surface area contributed by atoms with Crippen LogP contribution in [0.2, 0.25) is 0 Å². The van der Waals surface area contributed by atoms with Crippen molar-refractivity contribution in [2.75, 3.05) is 0 Å². The lowest BCUT2D eigenvalue weighted by molar-refractivity contribution is -0.0547. The average molecular weight is 175 g/mol. The van der Waals surface area contributed by atoms with Crippen LogP contribution in [0.25, 0.3) is 4.85 Å². The van der Waals surface area contributed by atoms with Gasteiger partial charge in [-0.2, -0.15) is 0 Å². The van der Waals surface area contributed by atoms with Gasteiger partial charge < -0.3 is 9.84 Å². The normalized spacial score (nSPS) is 19.1. The van der Waals surface area contributed by atoms with Crippen LogP contribution in [0.5, 0.6) is 0 Å². The number of hydrogen-bond donors (Lipinski definition) is 1. The zero-order valence-corrected chi connectivity index (χ0v) is 6.52. The summed E-state index contributed by atoms with van der Waals surface area (Å²) in [6.45, 7) is 6.73. The second kappa shape index (κ2) is 2.57. The molecule has 0 saturated carbocycles. The van der Waals surface area contributed by atoms with Crippen molar-refractivity contribution in [3.8, 4) is 0 Å². The maximum Gasteiger partial charge on any atom is 0.339 e. The van der Waals surface area contributed by atoms with Crippen LogP contribution in [-0.2, 0) is 4.74 Å². The smallest absolute Gasteiger partial charge is 0.339 e. The van der Waals surface area contributed by atoms with Gasteiger partial charge in [0.15, 0.2) is 5.69 Å². The van der Waals surface area contributed by atoms with Crippen molar-refractivity contribution in [2.45, 2.75) is 6.29 Å². The first-order valence-corrected chi connectivity index (χ1v) is 3.63. The highest BCUT2D eigenvalue weighted by molar-refractivity contribution is 5.94. The molecular weight excluding hydrogens is 170 g/mol. The molecule has 1 atom stereocenters. The molecule has 1 N–H and O–H groups in total. The van der Waals surface area contributed by atoms with Gasteiger partial charge in [0.1, 0.15) is 0 Å². The molecule has 1 aliphatic rings. The van der Waals surface area contributed by atoms with Crippen LogP contribution in [-0.4, -0.2) is 11.1 Å². The topological polar surface area (TPSA) is 50.9 Å². The summed E-state index contributed by atoms with van der Waals surface area (Å²) < 4.78 is 4.54. The van der Waals surface area contributed by atoms with E-state index in [1.807, 2.05) is 0 Å². The maximum absolute atomic E-state index is 11.1. The van der Waals surface area contributed by atoms with Gasteiger partial charge >= 0.3 is 5.97 Å². The van der Waals surface area contributed by atoms with Crippen LogP contribution >= 0.6 is 0 Å².